The molecule has 0 radical (unpaired) electrons. The zero-order valence-electron chi connectivity index (χ0n) is 10.2. The van der Waals surface area contributed by atoms with Gasteiger partial charge in [0.1, 0.15) is 19.0 Å². The fraction of sp³-hybridized carbons (Fsp3) is 0.500. The molecule has 0 spiro atoms. The lowest BCUT2D eigenvalue weighted by atomic mass is 10.1. The molecule has 7 heteroatoms. The second-order valence-electron chi connectivity index (χ2n) is 3.87. The van der Waals surface area contributed by atoms with E-state index >= 15 is 0 Å². The van der Waals surface area contributed by atoms with Crippen molar-refractivity contribution in [3.8, 4) is 5.75 Å². The fourth-order valence-corrected chi connectivity index (χ4v) is 1.72. The Kier molecular flexibility index (Phi) is 6.09. The molecule has 1 aromatic carbocycles. The molecular weight excluding hydrogens is 329 g/mol. The minimum absolute atomic E-state index is 0.0216. The fourth-order valence-electron chi connectivity index (χ4n) is 1.38. The maximum atomic E-state index is 11.8. The zero-order chi connectivity index (χ0) is 14.5. The van der Waals surface area contributed by atoms with Crippen molar-refractivity contribution in [2.75, 3.05) is 19.8 Å². The van der Waals surface area contributed by atoms with Crippen LogP contribution < -0.4 is 4.74 Å². The van der Waals surface area contributed by atoms with E-state index < -0.39 is 18.9 Å². The lowest BCUT2D eigenvalue weighted by Gasteiger charge is -2.14. The molecule has 0 amide bonds. The van der Waals surface area contributed by atoms with Crippen molar-refractivity contribution in [1.29, 1.82) is 0 Å². The molecule has 1 rings (SSSR count). The topological polar surface area (TPSA) is 38.7 Å². The number of halogens is 4. The van der Waals surface area contributed by atoms with Crippen molar-refractivity contribution in [3.63, 3.8) is 0 Å². The molecule has 0 aliphatic rings. The number of aliphatic hydroxyl groups is 1. The predicted molar refractivity (Wildman–Crippen MR) is 67.1 cm³/mol. The Hall–Kier alpha value is -0.790. The van der Waals surface area contributed by atoms with Crippen molar-refractivity contribution in [1.82, 2.24) is 0 Å². The molecule has 1 N–H and O–H groups in total. The van der Waals surface area contributed by atoms with Gasteiger partial charge < -0.3 is 14.6 Å². The molecule has 0 heterocycles. The monoisotopic (exact) mass is 342 g/mol. The number of alkyl halides is 3. The van der Waals surface area contributed by atoms with Gasteiger partial charge >= 0.3 is 6.18 Å². The first-order valence-corrected chi connectivity index (χ1v) is 6.33. The average molecular weight is 343 g/mol. The molecule has 1 aromatic rings. The average Bonchev–Trinajstić information content (AvgIpc) is 2.26. The highest BCUT2D eigenvalue weighted by atomic mass is 79.9. The SMILES string of the molecule is C[C@@H](O)c1ccc(Br)cc1OCCOCC(F)(F)F. The number of aliphatic hydroxyl groups excluding tert-OH is 1. The summed E-state index contributed by atoms with van der Waals surface area (Å²) in [6.45, 7) is 0.0892. The van der Waals surface area contributed by atoms with Crippen molar-refractivity contribution in [2.24, 2.45) is 0 Å². The normalized spacial score (nSPS) is 13.4. The quantitative estimate of drug-likeness (QED) is 0.804. The van der Waals surface area contributed by atoms with Crippen LogP contribution in [0, 0.1) is 0 Å². The van der Waals surface area contributed by atoms with Crippen LogP contribution in [0.15, 0.2) is 22.7 Å². The number of hydrogen-bond donors (Lipinski definition) is 1. The van der Waals surface area contributed by atoms with Gasteiger partial charge in [-0.1, -0.05) is 22.0 Å². The first kappa shape index (κ1) is 16.3. The van der Waals surface area contributed by atoms with E-state index in [9.17, 15) is 18.3 Å². The Morgan fingerprint density at radius 1 is 1.32 bits per heavy atom. The third-order valence-corrected chi connectivity index (χ3v) is 2.67. The minimum Gasteiger partial charge on any atom is -0.491 e. The van der Waals surface area contributed by atoms with Gasteiger partial charge in [0.05, 0.1) is 12.7 Å². The summed E-state index contributed by atoms with van der Waals surface area (Å²) in [5.74, 6) is 0.417. The second-order valence-corrected chi connectivity index (χ2v) is 4.79. The molecule has 0 aliphatic heterocycles. The highest BCUT2D eigenvalue weighted by Crippen LogP contribution is 2.28. The minimum atomic E-state index is -4.33. The summed E-state index contributed by atoms with van der Waals surface area (Å²) in [7, 11) is 0. The van der Waals surface area contributed by atoms with E-state index in [2.05, 4.69) is 20.7 Å². The van der Waals surface area contributed by atoms with Gasteiger partial charge in [-0.3, -0.25) is 0 Å². The van der Waals surface area contributed by atoms with Gasteiger partial charge in [-0.15, -0.1) is 0 Å². The van der Waals surface area contributed by atoms with Gasteiger partial charge in [-0.05, 0) is 19.1 Å². The highest BCUT2D eigenvalue weighted by Gasteiger charge is 2.27. The molecule has 0 aromatic heterocycles. The summed E-state index contributed by atoms with van der Waals surface area (Å²) in [6.07, 6.45) is -5.06. The van der Waals surface area contributed by atoms with Crippen LogP contribution in [0.1, 0.15) is 18.6 Å². The number of ether oxygens (including phenoxy) is 2. The van der Waals surface area contributed by atoms with E-state index in [-0.39, 0.29) is 13.2 Å². The summed E-state index contributed by atoms with van der Waals surface area (Å²) in [5.41, 5.74) is 0.569. The van der Waals surface area contributed by atoms with E-state index in [1.807, 2.05) is 0 Å². The third-order valence-electron chi connectivity index (χ3n) is 2.18. The Labute approximate surface area is 117 Å². The molecule has 108 valence electrons. The Morgan fingerprint density at radius 2 is 2.00 bits per heavy atom. The van der Waals surface area contributed by atoms with Gasteiger partial charge in [-0.2, -0.15) is 13.2 Å². The second kappa shape index (κ2) is 7.12. The highest BCUT2D eigenvalue weighted by molar-refractivity contribution is 9.10. The van der Waals surface area contributed by atoms with Crippen LogP contribution in [0.4, 0.5) is 13.2 Å². The molecule has 19 heavy (non-hydrogen) atoms. The van der Waals surface area contributed by atoms with Gasteiger partial charge in [0, 0.05) is 10.0 Å². The summed E-state index contributed by atoms with van der Waals surface area (Å²) >= 11 is 3.25. The van der Waals surface area contributed by atoms with E-state index in [4.69, 9.17) is 4.74 Å². The Bertz CT molecular complexity index is 408. The first-order valence-electron chi connectivity index (χ1n) is 5.54. The zero-order valence-corrected chi connectivity index (χ0v) is 11.8. The van der Waals surface area contributed by atoms with Crippen LogP contribution in [0.2, 0.25) is 0 Å². The Balaban J connectivity index is 2.46. The number of benzene rings is 1. The van der Waals surface area contributed by atoms with Gasteiger partial charge in [-0.25, -0.2) is 0 Å². The number of rotatable bonds is 6. The smallest absolute Gasteiger partial charge is 0.411 e. The molecule has 0 saturated carbocycles. The van der Waals surface area contributed by atoms with E-state index in [0.29, 0.717) is 11.3 Å². The standard InChI is InChI=1S/C12H14BrF3O3/c1-8(17)10-3-2-9(13)6-11(10)19-5-4-18-7-12(14,15)16/h2-3,6,8,17H,4-5,7H2,1H3/t8-/m1/s1. The van der Waals surface area contributed by atoms with Crippen molar-refractivity contribution < 1.29 is 27.8 Å². The summed E-state index contributed by atoms with van der Waals surface area (Å²) in [5, 5.41) is 9.53. The lowest BCUT2D eigenvalue weighted by Crippen LogP contribution is -2.19. The van der Waals surface area contributed by atoms with Crippen molar-refractivity contribution in [2.45, 2.75) is 19.2 Å². The molecule has 1 atom stereocenters. The van der Waals surface area contributed by atoms with Gasteiger partial charge in [0.25, 0.3) is 0 Å². The third kappa shape index (κ3) is 6.26. The van der Waals surface area contributed by atoms with Crippen LogP contribution in [-0.2, 0) is 4.74 Å². The van der Waals surface area contributed by atoms with Gasteiger partial charge in [0.2, 0.25) is 0 Å². The van der Waals surface area contributed by atoms with Gasteiger partial charge in [0.15, 0.2) is 0 Å². The van der Waals surface area contributed by atoms with Crippen LogP contribution in [0.5, 0.6) is 5.75 Å². The summed E-state index contributed by atoms with van der Waals surface area (Å²) in [4.78, 5) is 0. The Morgan fingerprint density at radius 3 is 2.58 bits per heavy atom. The van der Waals surface area contributed by atoms with E-state index in [0.717, 1.165) is 4.47 Å². The molecular formula is C12H14BrF3O3. The lowest BCUT2D eigenvalue weighted by molar-refractivity contribution is -0.175. The number of hydrogen-bond acceptors (Lipinski definition) is 3. The molecule has 0 unspecified atom stereocenters. The molecule has 0 aliphatic carbocycles. The summed E-state index contributed by atoms with van der Waals surface area (Å²) < 4.78 is 46.0. The molecule has 0 bridgehead atoms. The maximum Gasteiger partial charge on any atom is 0.411 e. The summed E-state index contributed by atoms with van der Waals surface area (Å²) in [6, 6.07) is 5.07. The predicted octanol–water partition coefficient (Wildman–Crippen LogP) is 3.46. The first-order chi connectivity index (χ1) is 8.79. The van der Waals surface area contributed by atoms with Crippen LogP contribution in [-0.4, -0.2) is 31.1 Å². The maximum absolute atomic E-state index is 11.8. The van der Waals surface area contributed by atoms with E-state index in [1.54, 1.807) is 25.1 Å². The largest absolute Gasteiger partial charge is 0.491 e. The van der Waals surface area contributed by atoms with Crippen molar-refractivity contribution in [3.05, 3.63) is 28.2 Å². The van der Waals surface area contributed by atoms with Crippen LogP contribution >= 0.6 is 15.9 Å². The van der Waals surface area contributed by atoms with Crippen molar-refractivity contribution >= 4 is 15.9 Å². The van der Waals surface area contributed by atoms with E-state index in [1.165, 1.54) is 0 Å². The molecule has 3 nitrogen and oxygen atoms in total. The molecule has 0 fully saturated rings. The molecule has 0 saturated heterocycles. The van der Waals surface area contributed by atoms with Crippen LogP contribution in [0.3, 0.4) is 0 Å². The van der Waals surface area contributed by atoms with Crippen LogP contribution in [0.25, 0.3) is 0 Å².